The molecule has 1 fully saturated rings. The standard InChI is InChI=1S/C16H25N3O3/c1-19(2)8-4-9-22-14-6-3-5-13(11-14)18-16(20)15-12-21-10-7-17-15/h3,5-6,11,15,17H,4,7-10,12H2,1-2H3,(H,18,20). The number of ether oxygens (including phenoxy) is 2. The first-order valence-electron chi connectivity index (χ1n) is 7.65. The molecule has 2 N–H and O–H groups in total. The van der Waals surface area contributed by atoms with E-state index < -0.39 is 0 Å². The summed E-state index contributed by atoms with van der Waals surface area (Å²) in [6.45, 7) is 3.41. The minimum absolute atomic E-state index is 0.0792. The summed E-state index contributed by atoms with van der Waals surface area (Å²) in [5, 5.41) is 6.02. The minimum atomic E-state index is -0.293. The third-order valence-electron chi connectivity index (χ3n) is 3.36. The van der Waals surface area contributed by atoms with E-state index in [0.29, 0.717) is 26.4 Å². The SMILES string of the molecule is CN(C)CCCOc1cccc(NC(=O)C2COCCN2)c1. The van der Waals surface area contributed by atoms with Crippen molar-refractivity contribution in [1.29, 1.82) is 0 Å². The van der Waals surface area contributed by atoms with Gasteiger partial charge in [-0.05, 0) is 32.6 Å². The van der Waals surface area contributed by atoms with Crippen molar-refractivity contribution >= 4 is 11.6 Å². The number of morpholine rings is 1. The quantitative estimate of drug-likeness (QED) is 0.734. The number of nitrogens with zero attached hydrogens (tertiary/aromatic N) is 1. The first-order chi connectivity index (χ1) is 10.6. The number of rotatable bonds is 7. The molecular formula is C16H25N3O3. The number of nitrogens with one attached hydrogen (secondary N) is 2. The second kappa shape index (κ2) is 8.73. The Morgan fingerprint density at radius 1 is 1.50 bits per heavy atom. The maximum Gasteiger partial charge on any atom is 0.243 e. The van der Waals surface area contributed by atoms with Gasteiger partial charge < -0.3 is 25.0 Å². The molecular weight excluding hydrogens is 282 g/mol. The van der Waals surface area contributed by atoms with Crippen LogP contribution in [0.5, 0.6) is 5.75 Å². The highest BCUT2D eigenvalue weighted by molar-refractivity contribution is 5.95. The number of carbonyl (C=O) groups excluding carboxylic acids is 1. The van der Waals surface area contributed by atoms with Crippen LogP contribution in [0.2, 0.25) is 0 Å². The average molecular weight is 307 g/mol. The molecule has 1 aromatic carbocycles. The highest BCUT2D eigenvalue weighted by Crippen LogP contribution is 2.18. The van der Waals surface area contributed by atoms with Crippen molar-refractivity contribution in [1.82, 2.24) is 10.2 Å². The molecule has 6 nitrogen and oxygen atoms in total. The molecule has 0 radical (unpaired) electrons. The van der Waals surface area contributed by atoms with E-state index >= 15 is 0 Å². The molecule has 22 heavy (non-hydrogen) atoms. The first-order valence-corrected chi connectivity index (χ1v) is 7.65. The molecule has 1 unspecified atom stereocenters. The highest BCUT2D eigenvalue weighted by Gasteiger charge is 2.21. The van der Waals surface area contributed by atoms with Gasteiger partial charge in [0.25, 0.3) is 0 Å². The van der Waals surface area contributed by atoms with E-state index in [-0.39, 0.29) is 11.9 Å². The predicted octanol–water partition coefficient (Wildman–Crippen LogP) is 0.944. The Labute approximate surface area is 131 Å². The molecule has 1 aliphatic heterocycles. The number of benzene rings is 1. The molecule has 0 saturated carbocycles. The van der Waals surface area contributed by atoms with Crippen LogP contribution in [0.1, 0.15) is 6.42 Å². The van der Waals surface area contributed by atoms with Gasteiger partial charge in [0.1, 0.15) is 11.8 Å². The lowest BCUT2D eigenvalue weighted by atomic mass is 10.2. The smallest absolute Gasteiger partial charge is 0.243 e. The van der Waals surface area contributed by atoms with Crippen LogP contribution in [-0.4, -0.2) is 63.9 Å². The summed E-state index contributed by atoms with van der Waals surface area (Å²) < 4.78 is 11.0. The Bertz CT molecular complexity index is 473. The van der Waals surface area contributed by atoms with Crippen molar-refractivity contribution in [3.8, 4) is 5.75 Å². The van der Waals surface area contributed by atoms with Gasteiger partial charge in [-0.1, -0.05) is 6.07 Å². The van der Waals surface area contributed by atoms with Crippen LogP contribution in [0.25, 0.3) is 0 Å². The fourth-order valence-electron chi connectivity index (χ4n) is 2.20. The number of hydrogen-bond donors (Lipinski definition) is 2. The summed E-state index contributed by atoms with van der Waals surface area (Å²) in [5.74, 6) is 0.689. The molecule has 1 amide bonds. The largest absolute Gasteiger partial charge is 0.493 e. The molecule has 0 aromatic heterocycles. The number of hydrogen-bond acceptors (Lipinski definition) is 5. The lowest BCUT2D eigenvalue weighted by Gasteiger charge is -2.23. The lowest BCUT2D eigenvalue weighted by Crippen LogP contribution is -2.48. The summed E-state index contributed by atoms with van der Waals surface area (Å²) in [4.78, 5) is 14.2. The molecule has 122 valence electrons. The molecule has 2 rings (SSSR count). The first kappa shape index (κ1) is 16.7. The van der Waals surface area contributed by atoms with Crippen LogP contribution in [0.4, 0.5) is 5.69 Å². The van der Waals surface area contributed by atoms with Crippen molar-refractivity contribution in [3.05, 3.63) is 24.3 Å². The third kappa shape index (κ3) is 5.63. The molecule has 6 heteroatoms. The molecule has 0 aliphatic carbocycles. The van der Waals surface area contributed by atoms with Gasteiger partial charge >= 0.3 is 0 Å². The van der Waals surface area contributed by atoms with Gasteiger partial charge in [0.15, 0.2) is 0 Å². The zero-order valence-electron chi connectivity index (χ0n) is 13.3. The molecule has 1 saturated heterocycles. The zero-order valence-corrected chi connectivity index (χ0v) is 13.3. The topological polar surface area (TPSA) is 62.8 Å². The number of amides is 1. The van der Waals surface area contributed by atoms with Gasteiger partial charge in [0, 0.05) is 24.8 Å². The van der Waals surface area contributed by atoms with E-state index in [1.807, 2.05) is 38.4 Å². The molecule has 1 heterocycles. The van der Waals surface area contributed by atoms with Gasteiger partial charge in [-0.3, -0.25) is 4.79 Å². The van der Waals surface area contributed by atoms with E-state index in [2.05, 4.69) is 15.5 Å². The second-order valence-electron chi connectivity index (χ2n) is 5.60. The van der Waals surface area contributed by atoms with Crippen LogP contribution in [0, 0.1) is 0 Å². The van der Waals surface area contributed by atoms with Crippen molar-refractivity contribution in [2.45, 2.75) is 12.5 Å². The van der Waals surface area contributed by atoms with Crippen molar-refractivity contribution in [2.75, 3.05) is 52.3 Å². The van der Waals surface area contributed by atoms with E-state index in [1.54, 1.807) is 0 Å². The summed E-state index contributed by atoms with van der Waals surface area (Å²) in [7, 11) is 4.08. The molecule has 1 atom stereocenters. The van der Waals surface area contributed by atoms with E-state index in [1.165, 1.54) is 0 Å². The number of anilines is 1. The average Bonchev–Trinajstić information content (AvgIpc) is 2.52. The molecule has 1 aromatic rings. The predicted molar refractivity (Wildman–Crippen MR) is 86.3 cm³/mol. The summed E-state index contributed by atoms with van der Waals surface area (Å²) in [6.07, 6.45) is 0.965. The van der Waals surface area contributed by atoms with Crippen molar-refractivity contribution < 1.29 is 14.3 Å². The highest BCUT2D eigenvalue weighted by atomic mass is 16.5. The van der Waals surface area contributed by atoms with Crippen LogP contribution in [0.15, 0.2) is 24.3 Å². The van der Waals surface area contributed by atoms with Gasteiger partial charge in [-0.25, -0.2) is 0 Å². The van der Waals surface area contributed by atoms with E-state index in [4.69, 9.17) is 9.47 Å². The van der Waals surface area contributed by atoms with Crippen LogP contribution in [0.3, 0.4) is 0 Å². The Kier molecular flexibility index (Phi) is 6.64. The Morgan fingerprint density at radius 2 is 2.36 bits per heavy atom. The third-order valence-corrected chi connectivity index (χ3v) is 3.36. The fourth-order valence-corrected chi connectivity index (χ4v) is 2.20. The van der Waals surface area contributed by atoms with Crippen molar-refractivity contribution in [2.24, 2.45) is 0 Å². The zero-order chi connectivity index (χ0) is 15.8. The maximum atomic E-state index is 12.1. The fraction of sp³-hybridized carbons (Fsp3) is 0.562. The molecule has 1 aliphatic rings. The molecule has 0 spiro atoms. The van der Waals surface area contributed by atoms with Gasteiger partial charge in [0.2, 0.25) is 5.91 Å². The van der Waals surface area contributed by atoms with E-state index in [0.717, 1.165) is 24.4 Å². The van der Waals surface area contributed by atoms with Crippen LogP contribution < -0.4 is 15.4 Å². The Hall–Kier alpha value is -1.63. The number of carbonyl (C=O) groups is 1. The molecule has 0 bridgehead atoms. The van der Waals surface area contributed by atoms with Gasteiger partial charge in [-0.2, -0.15) is 0 Å². The Balaban J connectivity index is 1.81. The van der Waals surface area contributed by atoms with Crippen LogP contribution >= 0.6 is 0 Å². The van der Waals surface area contributed by atoms with Crippen molar-refractivity contribution in [3.63, 3.8) is 0 Å². The summed E-state index contributed by atoms with van der Waals surface area (Å²) >= 11 is 0. The minimum Gasteiger partial charge on any atom is -0.493 e. The van der Waals surface area contributed by atoms with Gasteiger partial charge in [-0.15, -0.1) is 0 Å². The lowest BCUT2D eigenvalue weighted by molar-refractivity contribution is -0.120. The maximum absolute atomic E-state index is 12.1. The summed E-state index contributed by atoms with van der Waals surface area (Å²) in [6, 6.07) is 7.18. The summed E-state index contributed by atoms with van der Waals surface area (Å²) in [5.41, 5.74) is 0.738. The monoisotopic (exact) mass is 307 g/mol. The van der Waals surface area contributed by atoms with Gasteiger partial charge in [0.05, 0.1) is 19.8 Å². The van der Waals surface area contributed by atoms with Crippen LogP contribution in [-0.2, 0) is 9.53 Å². The Morgan fingerprint density at radius 3 is 3.09 bits per heavy atom. The second-order valence-corrected chi connectivity index (χ2v) is 5.60. The van der Waals surface area contributed by atoms with E-state index in [9.17, 15) is 4.79 Å². The normalized spacial score (nSPS) is 18.2.